The predicted molar refractivity (Wildman–Crippen MR) is 66.7 cm³/mol. The van der Waals surface area contributed by atoms with Gasteiger partial charge in [-0.05, 0) is 24.3 Å². The Morgan fingerprint density at radius 2 is 2.00 bits per heavy atom. The first-order valence-corrected chi connectivity index (χ1v) is 5.13. The molecule has 0 aromatic carbocycles. The van der Waals surface area contributed by atoms with Crippen LogP contribution in [-0.4, -0.2) is 10.2 Å². The zero-order valence-electron chi connectivity index (χ0n) is 9.40. The van der Waals surface area contributed by atoms with Gasteiger partial charge in [-0.2, -0.15) is 0 Å². The maximum absolute atomic E-state index is 9.05. The minimum absolute atomic E-state index is 0.00514. The number of allylic oxidation sites excluding steroid dienone is 4. The molecule has 0 aliphatic rings. The van der Waals surface area contributed by atoms with Gasteiger partial charge in [-0.15, -0.1) is 0 Å². The molecule has 0 atom stereocenters. The molecule has 0 amide bonds. The standard InChI is InChI=1S/C14H16O2/c1-2-3-4-5-6-7-8-9-10-11-14(16)12-13-15/h9-13,15-16H,2-3,8H2,1H3/b10-9+,13-12+,14-11+. The fourth-order valence-corrected chi connectivity index (χ4v) is 0.752. The normalized spacial score (nSPS) is 10.9. The summed E-state index contributed by atoms with van der Waals surface area (Å²) in [5, 5.41) is 17.4. The molecule has 0 fully saturated rings. The molecule has 84 valence electrons. The van der Waals surface area contributed by atoms with Crippen LogP contribution in [0.5, 0.6) is 0 Å². The van der Waals surface area contributed by atoms with Crippen LogP contribution < -0.4 is 0 Å². The molecule has 0 aliphatic heterocycles. The summed E-state index contributed by atoms with van der Waals surface area (Å²) < 4.78 is 0. The number of aliphatic hydroxyl groups excluding tert-OH is 2. The maximum Gasteiger partial charge on any atom is 0.118 e. The molecule has 0 unspecified atom stereocenters. The smallest absolute Gasteiger partial charge is 0.118 e. The molecule has 2 N–H and O–H groups in total. The second kappa shape index (κ2) is 11.0. The SMILES string of the molecule is CCCC#CC#CC/C=C/C=C(O)\C=C\O. The van der Waals surface area contributed by atoms with Crippen LogP contribution >= 0.6 is 0 Å². The van der Waals surface area contributed by atoms with Gasteiger partial charge < -0.3 is 10.2 Å². The lowest BCUT2D eigenvalue weighted by Gasteiger charge is -1.84. The minimum atomic E-state index is -0.00514. The van der Waals surface area contributed by atoms with Crippen molar-refractivity contribution in [3.63, 3.8) is 0 Å². The van der Waals surface area contributed by atoms with Crippen molar-refractivity contribution in [1.82, 2.24) is 0 Å². The molecular formula is C14H16O2. The van der Waals surface area contributed by atoms with Gasteiger partial charge in [0.15, 0.2) is 0 Å². The number of hydrogen-bond donors (Lipinski definition) is 2. The first-order chi connectivity index (χ1) is 7.81. The monoisotopic (exact) mass is 216 g/mol. The Morgan fingerprint density at radius 3 is 2.69 bits per heavy atom. The van der Waals surface area contributed by atoms with E-state index < -0.39 is 0 Å². The van der Waals surface area contributed by atoms with Crippen molar-refractivity contribution in [2.24, 2.45) is 0 Å². The van der Waals surface area contributed by atoms with E-state index in [0.717, 1.165) is 19.1 Å². The number of rotatable bonds is 4. The number of unbranched alkanes of at least 4 members (excludes halogenated alkanes) is 1. The summed E-state index contributed by atoms with van der Waals surface area (Å²) in [6, 6.07) is 0. The van der Waals surface area contributed by atoms with Crippen molar-refractivity contribution in [3.8, 4) is 23.7 Å². The molecule has 0 rings (SSSR count). The second-order valence-electron chi connectivity index (χ2n) is 2.89. The lowest BCUT2D eigenvalue weighted by Crippen LogP contribution is -1.70. The van der Waals surface area contributed by atoms with Gasteiger partial charge in [0.2, 0.25) is 0 Å². The highest BCUT2D eigenvalue weighted by Crippen LogP contribution is 1.91. The third-order valence-corrected chi connectivity index (χ3v) is 1.48. The highest BCUT2D eigenvalue weighted by molar-refractivity contribution is 5.27. The summed E-state index contributed by atoms with van der Waals surface area (Å²) in [5.74, 6) is 11.3. The molecule has 0 aromatic rings. The Morgan fingerprint density at radius 1 is 1.25 bits per heavy atom. The van der Waals surface area contributed by atoms with E-state index in [1.54, 1.807) is 12.2 Å². The first-order valence-electron chi connectivity index (χ1n) is 5.13. The van der Waals surface area contributed by atoms with Crippen LogP contribution in [0.2, 0.25) is 0 Å². The van der Waals surface area contributed by atoms with E-state index in [-0.39, 0.29) is 5.76 Å². The summed E-state index contributed by atoms with van der Waals surface area (Å²) in [6.45, 7) is 2.07. The van der Waals surface area contributed by atoms with Crippen LogP contribution in [-0.2, 0) is 0 Å². The van der Waals surface area contributed by atoms with Crippen molar-refractivity contribution in [2.75, 3.05) is 0 Å². The second-order valence-corrected chi connectivity index (χ2v) is 2.89. The van der Waals surface area contributed by atoms with Gasteiger partial charge >= 0.3 is 0 Å². The molecule has 0 radical (unpaired) electrons. The maximum atomic E-state index is 9.05. The van der Waals surface area contributed by atoms with Gasteiger partial charge in [0, 0.05) is 18.9 Å². The Kier molecular flexibility index (Phi) is 9.60. The highest BCUT2D eigenvalue weighted by Gasteiger charge is 1.78. The zero-order chi connectivity index (χ0) is 12.1. The molecule has 0 aliphatic carbocycles. The van der Waals surface area contributed by atoms with Gasteiger partial charge in [0.25, 0.3) is 0 Å². The molecule has 0 bridgehead atoms. The lowest BCUT2D eigenvalue weighted by atomic mass is 10.3. The highest BCUT2D eigenvalue weighted by atomic mass is 16.3. The summed E-state index contributed by atoms with van der Waals surface area (Å²) >= 11 is 0. The molecule has 2 nitrogen and oxygen atoms in total. The van der Waals surface area contributed by atoms with E-state index in [0.29, 0.717) is 6.42 Å². The first kappa shape index (κ1) is 13.9. The van der Waals surface area contributed by atoms with Crippen LogP contribution in [0.25, 0.3) is 0 Å². The van der Waals surface area contributed by atoms with E-state index in [4.69, 9.17) is 10.2 Å². The van der Waals surface area contributed by atoms with Gasteiger partial charge in [0.1, 0.15) is 5.76 Å². The van der Waals surface area contributed by atoms with Crippen LogP contribution in [0, 0.1) is 23.7 Å². The predicted octanol–water partition coefficient (Wildman–Crippen LogP) is 3.25. The molecule has 2 heteroatoms. The fourth-order valence-electron chi connectivity index (χ4n) is 0.752. The van der Waals surface area contributed by atoms with Crippen molar-refractivity contribution < 1.29 is 10.2 Å². The summed E-state index contributed by atoms with van der Waals surface area (Å²) in [7, 11) is 0. The van der Waals surface area contributed by atoms with Crippen molar-refractivity contribution >= 4 is 0 Å². The van der Waals surface area contributed by atoms with Crippen LogP contribution in [0.4, 0.5) is 0 Å². The molecule has 0 heterocycles. The third-order valence-electron chi connectivity index (χ3n) is 1.48. The zero-order valence-corrected chi connectivity index (χ0v) is 9.40. The van der Waals surface area contributed by atoms with Gasteiger partial charge in [-0.1, -0.05) is 30.9 Å². The Bertz CT molecular complexity index is 378. The third kappa shape index (κ3) is 10.0. The van der Waals surface area contributed by atoms with E-state index in [9.17, 15) is 0 Å². The number of aliphatic hydroxyl groups is 2. The molecule has 0 aromatic heterocycles. The van der Waals surface area contributed by atoms with E-state index >= 15 is 0 Å². The average molecular weight is 216 g/mol. The minimum Gasteiger partial charge on any atom is -0.515 e. The van der Waals surface area contributed by atoms with E-state index in [2.05, 4.69) is 30.6 Å². The summed E-state index contributed by atoms with van der Waals surface area (Å²) in [6.07, 6.45) is 9.44. The van der Waals surface area contributed by atoms with E-state index in [1.165, 1.54) is 12.2 Å². The van der Waals surface area contributed by atoms with Crippen molar-refractivity contribution in [2.45, 2.75) is 26.2 Å². The Balaban J connectivity index is 3.86. The lowest BCUT2D eigenvalue weighted by molar-refractivity contribution is 0.420. The fraction of sp³-hybridized carbons (Fsp3) is 0.286. The molecule has 0 saturated heterocycles. The van der Waals surface area contributed by atoms with Crippen molar-refractivity contribution in [1.29, 1.82) is 0 Å². The van der Waals surface area contributed by atoms with Gasteiger partial charge in [-0.25, -0.2) is 0 Å². The van der Waals surface area contributed by atoms with Gasteiger partial charge in [-0.3, -0.25) is 0 Å². The van der Waals surface area contributed by atoms with Crippen LogP contribution in [0.3, 0.4) is 0 Å². The van der Waals surface area contributed by atoms with Crippen LogP contribution in [0.15, 0.2) is 36.3 Å². The molecule has 0 spiro atoms. The van der Waals surface area contributed by atoms with Crippen LogP contribution in [0.1, 0.15) is 26.2 Å². The van der Waals surface area contributed by atoms with E-state index in [1.807, 2.05) is 0 Å². The van der Waals surface area contributed by atoms with Gasteiger partial charge in [0.05, 0.1) is 6.26 Å². The molecule has 0 saturated carbocycles. The molecule has 16 heavy (non-hydrogen) atoms. The number of hydrogen-bond acceptors (Lipinski definition) is 2. The quantitative estimate of drug-likeness (QED) is 0.430. The average Bonchev–Trinajstić information content (AvgIpc) is 2.27. The topological polar surface area (TPSA) is 40.5 Å². The largest absolute Gasteiger partial charge is 0.515 e. The van der Waals surface area contributed by atoms with Crippen molar-refractivity contribution in [3.05, 3.63) is 36.3 Å². The summed E-state index contributed by atoms with van der Waals surface area (Å²) in [4.78, 5) is 0. The molecular weight excluding hydrogens is 200 g/mol. The summed E-state index contributed by atoms with van der Waals surface area (Å²) in [5.41, 5.74) is 0. The Hall–Kier alpha value is -2.06. The Labute approximate surface area is 97.0 Å².